The number of benzene rings is 2. The minimum atomic E-state index is 0.111. The third-order valence-electron chi connectivity index (χ3n) is 4.02. The van der Waals surface area contributed by atoms with Crippen molar-refractivity contribution in [1.82, 2.24) is 4.57 Å². The van der Waals surface area contributed by atoms with E-state index in [1.54, 1.807) is 0 Å². The Morgan fingerprint density at radius 3 is 2.31 bits per heavy atom. The number of nitrogen functional groups attached to an aromatic ring is 1. The molecule has 1 heterocycles. The molecule has 4 nitrogen and oxygen atoms in total. The lowest BCUT2D eigenvalue weighted by Gasteiger charge is -2.11. The van der Waals surface area contributed by atoms with E-state index in [1.165, 1.54) is 0 Å². The Hall–Kier alpha value is -2.93. The quantitative estimate of drug-likeness (QED) is 0.624. The lowest BCUT2D eigenvalue weighted by Crippen LogP contribution is -2.05. The topological polar surface area (TPSA) is 64.0 Å². The second-order valence-electron chi connectivity index (χ2n) is 6.05. The summed E-state index contributed by atoms with van der Waals surface area (Å²) in [5, 5.41) is 10.7. The summed E-state index contributed by atoms with van der Waals surface area (Å²) in [4.78, 5) is 0. The molecule has 136 valence electrons. The molecule has 0 amide bonds. The fourth-order valence-electron chi connectivity index (χ4n) is 3.06. The van der Waals surface area contributed by atoms with Crippen LogP contribution < -0.4 is 10.5 Å². The van der Waals surface area contributed by atoms with Crippen LogP contribution >= 0.6 is 0 Å². The number of fused-ring (bicyclic) bond motifs is 1. The summed E-state index contributed by atoms with van der Waals surface area (Å²) in [6.45, 7) is 10.9. The molecule has 4 heteroatoms. The van der Waals surface area contributed by atoms with Crippen LogP contribution in [0.1, 0.15) is 40.2 Å². The minimum Gasteiger partial charge on any atom is -0.491 e. The SMILES string of the molecule is CC.CCn1c(-c2ccc(N)cc2)c(C#N)c2ccc(OC(C)C)cc21. The molecular weight excluding hydrogens is 322 g/mol. The fourth-order valence-corrected chi connectivity index (χ4v) is 3.06. The van der Waals surface area contributed by atoms with Crippen molar-refractivity contribution in [1.29, 1.82) is 5.26 Å². The van der Waals surface area contributed by atoms with Gasteiger partial charge in [-0.3, -0.25) is 0 Å². The standard InChI is InChI=1S/C20H21N3O.C2H6/c1-4-23-19-11-16(24-13(2)3)9-10-17(19)18(12-21)20(23)14-5-7-15(22)8-6-14;1-2/h5-11,13H,4,22H2,1-3H3;1-2H3. The molecule has 1 aromatic heterocycles. The van der Waals surface area contributed by atoms with E-state index in [-0.39, 0.29) is 6.10 Å². The molecule has 0 saturated heterocycles. The second-order valence-corrected chi connectivity index (χ2v) is 6.05. The number of rotatable bonds is 4. The maximum atomic E-state index is 9.74. The normalized spacial score (nSPS) is 10.3. The number of nitriles is 1. The number of hydrogen-bond donors (Lipinski definition) is 1. The average Bonchev–Trinajstić information content (AvgIpc) is 2.96. The van der Waals surface area contributed by atoms with Crippen molar-refractivity contribution >= 4 is 16.6 Å². The summed E-state index contributed by atoms with van der Waals surface area (Å²) in [7, 11) is 0. The number of hydrogen-bond acceptors (Lipinski definition) is 3. The molecule has 0 radical (unpaired) electrons. The second kappa shape index (κ2) is 8.44. The van der Waals surface area contributed by atoms with Gasteiger partial charge in [-0.15, -0.1) is 0 Å². The molecule has 2 N–H and O–H groups in total. The van der Waals surface area contributed by atoms with Gasteiger partial charge in [0.1, 0.15) is 11.8 Å². The van der Waals surface area contributed by atoms with Crippen molar-refractivity contribution in [2.45, 2.75) is 47.3 Å². The van der Waals surface area contributed by atoms with Crippen molar-refractivity contribution in [2.75, 3.05) is 5.73 Å². The third-order valence-corrected chi connectivity index (χ3v) is 4.02. The number of anilines is 1. The van der Waals surface area contributed by atoms with Gasteiger partial charge >= 0.3 is 0 Å². The van der Waals surface area contributed by atoms with Crippen LogP contribution in [0.15, 0.2) is 42.5 Å². The Morgan fingerprint density at radius 1 is 1.12 bits per heavy atom. The highest BCUT2D eigenvalue weighted by molar-refractivity contribution is 5.95. The summed E-state index contributed by atoms with van der Waals surface area (Å²) in [5.74, 6) is 0.818. The van der Waals surface area contributed by atoms with Gasteiger partial charge in [-0.25, -0.2) is 0 Å². The predicted molar refractivity (Wildman–Crippen MR) is 109 cm³/mol. The Balaban J connectivity index is 0.00000117. The molecule has 0 saturated carbocycles. The summed E-state index contributed by atoms with van der Waals surface area (Å²) in [6.07, 6.45) is 0.111. The van der Waals surface area contributed by atoms with E-state index in [0.717, 1.165) is 34.5 Å². The molecule has 3 aromatic rings. The van der Waals surface area contributed by atoms with Crippen LogP contribution in [0.3, 0.4) is 0 Å². The molecule has 0 atom stereocenters. The molecule has 3 rings (SSSR count). The first-order valence-electron chi connectivity index (χ1n) is 9.14. The molecule has 0 aliphatic heterocycles. The van der Waals surface area contributed by atoms with Crippen LogP contribution in [0.25, 0.3) is 22.2 Å². The van der Waals surface area contributed by atoms with Crippen molar-refractivity contribution in [3.05, 3.63) is 48.0 Å². The first-order valence-corrected chi connectivity index (χ1v) is 9.14. The van der Waals surface area contributed by atoms with Gasteiger partial charge in [-0.1, -0.05) is 26.0 Å². The summed E-state index contributed by atoms with van der Waals surface area (Å²) < 4.78 is 7.97. The molecule has 0 spiro atoms. The van der Waals surface area contributed by atoms with Gasteiger partial charge in [0.2, 0.25) is 0 Å². The predicted octanol–water partition coefficient (Wildman–Crippen LogP) is 5.60. The zero-order valence-electron chi connectivity index (χ0n) is 16.2. The van der Waals surface area contributed by atoms with Crippen molar-refractivity contribution in [3.63, 3.8) is 0 Å². The van der Waals surface area contributed by atoms with E-state index in [0.29, 0.717) is 11.3 Å². The van der Waals surface area contributed by atoms with Crippen molar-refractivity contribution in [3.8, 4) is 23.1 Å². The fraction of sp³-hybridized carbons (Fsp3) is 0.318. The van der Waals surface area contributed by atoms with E-state index in [1.807, 2.05) is 70.2 Å². The number of aryl methyl sites for hydroxylation is 1. The van der Waals surface area contributed by atoms with Crippen LogP contribution in [0.5, 0.6) is 5.75 Å². The molecule has 0 unspecified atom stereocenters. The highest BCUT2D eigenvalue weighted by atomic mass is 16.5. The van der Waals surface area contributed by atoms with Crippen LogP contribution in [0, 0.1) is 11.3 Å². The zero-order chi connectivity index (χ0) is 19.3. The van der Waals surface area contributed by atoms with Gasteiger partial charge < -0.3 is 15.0 Å². The Morgan fingerprint density at radius 2 is 1.77 bits per heavy atom. The van der Waals surface area contributed by atoms with E-state index < -0.39 is 0 Å². The van der Waals surface area contributed by atoms with Crippen LogP contribution in [0.2, 0.25) is 0 Å². The molecule has 0 fully saturated rings. The summed E-state index contributed by atoms with van der Waals surface area (Å²) in [6, 6.07) is 15.9. The highest BCUT2D eigenvalue weighted by Gasteiger charge is 2.18. The Kier molecular flexibility index (Phi) is 6.30. The molecule has 0 aliphatic carbocycles. The summed E-state index contributed by atoms with van der Waals surface area (Å²) in [5.41, 5.74) is 10.1. The number of nitrogens with zero attached hydrogens (tertiary/aromatic N) is 2. The van der Waals surface area contributed by atoms with Crippen LogP contribution in [-0.4, -0.2) is 10.7 Å². The van der Waals surface area contributed by atoms with E-state index in [2.05, 4.69) is 17.6 Å². The van der Waals surface area contributed by atoms with Crippen LogP contribution in [0.4, 0.5) is 5.69 Å². The van der Waals surface area contributed by atoms with Crippen molar-refractivity contribution in [2.24, 2.45) is 0 Å². The zero-order valence-corrected chi connectivity index (χ0v) is 16.2. The maximum Gasteiger partial charge on any atom is 0.121 e. The van der Waals surface area contributed by atoms with Gasteiger partial charge in [0.15, 0.2) is 0 Å². The minimum absolute atomic E-state index is 0.111. The van der Waals surface area contributed by atoms with E-state index in [9.17, 15) is 5.26 Å². The van der Waals surface area contributed by atoms with Crippen LogP contribution in [-0.2, 0) is 6.54 Å². The van der Waals surface area contributed by atoms with Gasteiger partial charge in [0, 0.05) is 23.7 Å². The third kappa shape index (κ3) is 3.67. The number of aromatic nitrogens is 1. The number of ether oxygens (including phenoxy) is 1. The maximum absolute atomic E-state index is 9.74. The average molecular weight is 349 g/mol. The highest BCUT2D eigenvalue weighted by Crippen LogP contribution is 2.35. The molecule has 26 heavy (non-hydrogen) atoms. The van der Waals surface area contributed by atoms with Gasteiger partial charge in [-0.05, 0) is 50.6 Å². The monoisotopic (exact) mass is 349 g/mol. The van der Waals surface area contributed by atoms with Crippen molar-refractivity contribution < 1.29 is 4.74 Å². The lowest BCUT2D eigenvalue weighted by atomic mass is 10.1. The van der Waals surface area contributed by atoms with E-state index in [4.69, 9.17) is 10.5 Å². The summed E-state index contributed by atoms with van der Waals surface area (Å²) >= 11 is 0. The smallest absolute Gasteiger partial charge is 0.121 e. The molecular formula is C22H27N3O. The molecule has 0 bridgehead atoms. The first-order chi connectivity index (χ1) is 12.5. The van der Waals surface area contributed by atoms with Gasteiger partial charge in [0.05, 0.1) is 22.9 Å². The number of nitrogens with two attached hydrogens (primary N) is 1. The largest absolute Gasteiger partial charge is 0.491 e. The molecule has 0 aliphatic rings. The van der Waals surface area contributed by atoms with E-state index >= 15 is 0 Å². The lowest BCUT2D eigenvalue weighted by molar-refractivity contribution is 0.242. The first kappa shape index (κ1) is 19.4. The Labute approximate surface area is 155 Å². The van der Waals surface area contributed by atoms with Gasteiger partial charge in [-0.2, -0.15) is 5.26 Å². The molecule has 2 aromatic carbocycles. The Bertz CT molecular complexity index is 915. The van der Waals surface area contributed by atoms with Gasteiger partial charge in [0.25, 0.3) is 0 Å².